The van der Waals surface area contributed by atoms with Gasteiger partial charge in [0.1, 0.15) is 0 Å². The SMILES string of the molecule is Cc1cc(C)nc(-n2nc(C)c(CC(=O)NCC(N)c3ccccc3)c2C)n1. The number of nitrogens with two attached hydrogens (primary N) is 1. The summed E-state index contributed by atoms with van der Waals surface area (Å²) < 4.78 is 1.70. The first-order valence-electron chi connectivity index (χ1n) is 9.30. The Hall–Kier alpha value is -3.06. The Morgan fingerprint density at radius 3 is 2.39 bits per heavy atom. The average Bonchev–Trinajstić information content (AvgIpc) is 2.94. The molecule has 0 aliphatic heterocycles. The van der Waals surface area contributed by atoms with Gasteiger partial charge in [-0.25, -0.2) is 14.6 Å². The van der Waals surface area contributed by atoms with E-state index in [-0.39, 0.29) is 18.4 Å². The zero-order valence-electron chi connectivity index (χ0n) is 16.7. The van der Waals surface area contributed by atoms with Crippen molar-refractivity contribution in [3.8, 4) is 5.95 Å². The molecule has 0 saturated heterocycles. The Balaban J connectivity index is 1.70. The van der Waals surface area contributed by atoms with Crippen molar-refractivity contribution in [2.45, 2.75) is 40.2 Å². The predicted octanol–water partition coefficient (Wildman–Crippen LogP) is 2.25. The van der Waals surface area contributed by atoms with Crippen LogP contribution in [0.5, 0.6) is 0 Å². The minimum Gasteiger partial charge on any atom is -0.354 e. The van der Waals surface area contributed by atoms with Crippen molar-refractivity contribution in [2.24, 2.45) is 5.73 Å². The monoisotopic (exact) mass is 378 g/mol. The Labute approximate surface area is 165 Å². The molecule has 3 aromatic rings. The number of carbonyl (C=O) groups is 1. The molecular weight excluding hydrogens is 352 g/mol. The van der Waals surface area contributed by atoms with Gasteiger partial charge in [-0.1, -0.05) is 30.3 Å². The quantitative estimate of drug-likeness (QED) is 0.685. The minimum atomic E-state index is -0.237. The van der Waals surface area contributed by atoms with Gasteiger partial charge in [-0.05, 0) is 39.3 Å². The average molecular weight is 378 g/mol. The summed E-state index contributed by atoms with van der Waals surface area (Å²) >= 11 is 0. The molecular formula is C21H26N6O. The molecule has 28 heavy (non-hydrogen) atoms. The maximum Gasteiger partial charge on any atom is 0.251 e. The molecule has 0 saturated carbocycles. The van der Waals surface area contributed by atoms with Gasteiger partial charge in [-0.2, -0.15) is 5.10 Å². The van der Waals surface area contributed by atoms with E-state index >= 15 is 0 Å². The normalized spacial score (nSPS) is 12.0. The highest BCUT2D eigenvalue weighted by Gasteiger charge is 2.18. The largest absolute Gasteiger partial charge is 0.354 e. The van der Waals surface area contributed by atoms with Crippen LogP contribution in [0.4, 0.5) is 0 Å². The van der Waals surface area contributed by atoms with Gasteiger partial charge >= 0.3 is 0 Å². The van der Waals surface area contributed by atoms with E-state index in [4.69, 9.17) is 5.73 Å². The molecule has 1 amide bonds. The van der Waals surface area contributed by atoms with Crippen molar-refractivity contribution in [2.75, 3.05) is 6.54 Å². The lowest BCUT2D eigenvalue weighted by atomic mass is 10.1. The van der Waals surface area contributed by atoms with E-state index in [9.17, 15) is 4.79 Å². The Bertz CT molecular complexity index is 960. The Morgan fingerprint density at radius 1 is 1.11 bits per heavy atom. The highest BCUT2D eigenvalue weighted by Crippen LogP contribution is 2.17. The van der Waals surface area contributed by atoms with Crippen LogP contribution in [0.2, 0.25) is 0 Å². The molecule has 0 aliphatic carbocycles. The molecule has 3 rings (SSSR count). The predicted molar refractivity (Wildman–Crippen MR) is 108 cm³/mol. The van der Waals surface area contributed by atoms with Gasteiger partial charge in [-0.15, -0.1) is 0 Å². The number of carbonyl (C=O) groups excluding carboxylic acids is 1. The molecule has 0 radical (unpaired) electrons. The van der Waals surface area contributed by atoms with Crippen molar-refractivity contribution in [1.82, 2.24) is 25.1 Å². The third kappa shape index (κ3) is 4.43. The third-order valence-electron chi connectivity index (χ3n) is 4.69. The van der Waals surface area contributed by atoms with Crippen LogP contribution in [0.1, 0.15) is 39.9 Å². The molecule has 3 N–H and O–H groups in total. The second-order valence-corrected chi connectivity index (χ2v) is 7.01. The summed E-state index contributed by atoms with van der Waals surface area (Å²) in [6, 6.07) is 11.4. The number of aromatic nitrogens is 4. The zero-order chi connectivity index (χ0) is 20.3. The summed E-state index contributed by atoms with van der Waals surface area (Å²) in [7, 11) is 0. The number of hydrogen-bond acceptors (Lipinski definition) is 5. The number of rotatable bonds is 6. The first-order chi connectivity index (χ1) is 13.3. The van der Waals surface area contributed by atoms with Gasteiger partial charge in [0.25, 0.3) is 5.95 Å². The second kappa shape index (κ2) is 8.31. The highest BCUT2D eigenvalue weighted by atomic mass is 16.1. The summed E-state index contributed by atoms with van der Waals surface area (Å²) in [5, 5.41) is 7.46. The number of hydrogen-bond donors (Lipinski definition) is 2. The van der Waals surface area contributed by atoms with Crippen molar-refractivity contribution in [3.05, 3.63) is 70.3 Å². The summed E-state index contributed by atoms with van der Waals surface area (Å²) in [4.78, 5) is 21.4. The summed E-state index contributed by atoms with van der Waals surface area (Å²) in [6.45, 7) is 8.06. The zero-order valence-corrected chi connectivity index (χ0v) is 16.7. The summed E-state index contributed by atoms with van der Waals surface area (Å²) in [5.74, 6) is 0.439. The van der Waals surface area contributed by atoms with E-state index in [1.807, 2.05) is 64.1 Å². The molecule has 2 heterocycles. The molecule has 7 nitrogen and oxygen atoms in total. The standard InChI is InChI=1S/C21H26N6O/c1-13-10-14(2)25-21(24-13)27-16(4)18(15(3)26-27)11-20(28)23-12-19(22)17-8-6-5-7-9-17/h5-10,19H,11-12,22H2,1-4H3,(H,23,28). The lowest BCUT2D eigenvalue weighted by Gasteiger charge is -2.13. The van der Waals surface area contributed by atoms with E-state index in [2.05, 4.69) is 20.4 Å². The number of nitrogens with one attached hydrogen (secondary N) is 1. The van der Waals surface area contributed by atoms with E-state index in [0.717, 1.165) is 33.9 Å². The van der Waals surface area contributed by atoms with Crippen LogP contribution in [0, 0.1) is 27.7 Å². The van der Waals surface area contributed by atoms with Crippen molar-refractivity contribution >= 4 is 5.91 Å². The molecule has 7 heteroatoms. The Kier molecular flexibility index (Phi) is 5.84. The lowest BCUT2D eigenvalue weighted by Crippen LogP contribution is -2.33. The maximum atomic E-state index is 12.5. The van der Waals surface area contributed by atoms with Crippen LogP contribution in [0.15, 0.2) is 36.4 Å². The van der Waals surface area contributed by atoms with Crippen LogP contribution in [-0.2, 0) is 11.2 Å². The molecule has 2 aromatic heterocycles. The smallest absolute Gasteiger partial charge is 0.251 e. The van der Waals surface area contributed by atoms with Gasteiger partial charge in [0, 0.05) is 35.2 Å². The van der Waals surface area contributed by atoms with Gasteiger partial charge in [0.15, 0.2) is 0 Å². The van der Waals surface area contributed by atoms with Crippen LogP contribution in [0.25, 0.3) is 5.95 Å². The summed E-state index contributed by atoms with van der Waals surface area (Å²) in [5.41, 5.74) is 11.5. The van der Waals surface area contributed by atoms with Crippen molar-refractivity contribution in [1.29, 1.82) is 0 Å². The minimum absolute atomic E-state index is 0.0847. The molecule has 1 unspecified atom stereocenters. The third-order valence-corrected chi connectivity index (χ3v) is 4.69. The fourth-order valence-corrected chi connectivity index (χ4v) is 3.19. The first-order valence-corrected chi connectivity index (χ1v) is 9.30. The molecule has 0 fully saturated rings. The van der Waals surface area contributed by atoms with Crippen LogP contribution >= 0.6 is 0 Å². The Morgan fingerprint density at radius 2 is 1.75 bits per heavy atom. The molecule has 0 aliphatic rings. The number of benzene rings is 1. The number of aryl methyl sites for hydroxylation is 3. The molecule has 1 aromatic carbocycles. The van der Waals surface area contributed by atoms with Gasteiger partial charge in [-0.3, -0.25) is 4.79 Å². The highest BCUT2D eigenvalue weighted by molar-refractivity contribution is 5.79. The van der Waals surface area contributed by atoms with Gasteiger partial charge in [0.2, 0.25) is 5.91 Å². The molecule has 0 bridgehead atoms. The molecule has 1 atom stereocenters. The first kappa shape index (κ1) is 19.7. The molecule has 146 valence electrons. The summed E-state index contributed by atoms with van der Waals surface area (Å²) in [6.07, 6.45) is 0.240. The van der Waals surface area contributed by atoms with E-state index < -0.39 is 0 Å². The van der Waals surface area contributed by atoms with Gasteiger partial charge < -0.3 is 11.1 Å². The number of amides is 1. The van der Waals surface area contributed by atoms with E-state index in [1.165, 1.54) is 0 Å². The maximum absolute atomic E-state index is 12.5. The number of nitrogens with zero attached hydrogens (tertiary/aromatic N) is 4. The topological polar surface area (TPSA) is 98.7 Å². The molecule has 0 spiro atoms. The van der Waals surface area contributed by atoms with Gasteiger partial charge in [0.05, 0.1) is 12.1 Å². The van der Waals surface area contributed by atoms with Crippen LogP contribution < -0.4 is 11.1 Å². The van der Waals surface area contributed by atoms with E-state index in [1.54, 1.807) is 4.68 Å². The second-order valence-electron chi connectivity index (χ2n) is 7.01. The fraction of sp³-hybridized carbons (Fsp3) is 0.333. The van der Waals surface area contributed by atoms with E-state index in [0.29, 0.717) is 12.5 Å². The fourth-order valence-electron chi connectivity index (χ4n) is 3.19. The lowest BCUT2D eigenvalue weighted by molar-refractivity contribution is -0.120. The van der Waals surface area contributed by atoms with Crippen molar-refractivity contribution < 1.29 is 4.79 Å². The van der Waals surface area contributed by atoms with Crippen molar-refractivity contribution in [3.63, 3.8) is 0 Å². The van der Waals surface area contributed by atoms with Crippen LogP contribution in [0.3, 0.4) is 0 Å². The van der Waals surface area contributed by atoms with Crippen LogP contribution in [-0.4, -0.2) is 32.2 Å².